The quantitative estimate of drug-likeness (QED) is 0.348. The third kappa shape index (κ3) is 4.62. The first-order valence-electron chi connectivity index (χ1n) is 7.03. The number of non-ortho nitro benzene ring substituents is 1. The summed E-state index contributed by atoms with van der Waals surface area (Å²) in [5, 5.41) is 31.4. The van der Waals surface area contributed by atoms with Gasteiger partial charge in [0.1, 0.15) is 6.20 Å². The summed E-state index contributed by atoms with van der Waals surface area (Å²) in [5.41, 5.74) is 0.264. The highest BCUT2D eigenvalue weighted by Gasteiger charge is 2.16. The lowest BCUT2D eigenvalue weighted by atomic mass is 10.2. The molecule has 0 saturated carbocycles. The number of hydrogen-bond acceptors (Lipinski definition) is 11. The van der Waals surface area contributed by atoms with Crippen molar-refractivity contribution in [2.45, 2.75) is 5.22 Å². The van der Waals surface area contributed by atoms with E-state index in [0.29, 0.717) is 5.56 Å². The Morgan fingerprint density at radius 1 is 1.26 bits per heavy atom. The van der Waals surface area contributed by atoms with Gasteiger partial charge in [0.2, 0.25) is 11.8 Å². The molecular weight excluding hydrogens is 400 g/mol. The highest BCUT2D eigenvalue weighted by Crippen LogP contribution is 2.27. The van der Waals surface area contributed by atoms with Crippen LogP contribution in [0.15, 0.2) is 40.1 Å². The SMILES string of the molecule is O=C(CSc1nnc(-c2cccc([N+](=O)[O-])c2)o1)Nc1ncc([N+](=O)[O-])s1. The molecule has 1 aromatic carbocycles. The number of thiazole rings is 1. The molecule has 14 heteroatoms. The molecule has 0 spiro atoms. The number of carbonyl (C=O) groups excluding carboxylic acids is 1. The summed E-state index contributed by atoms with van der Waals surface area (Å²) < 4.78 is 5.38. The van der Waals surface area contributed by atoms with Crippen LogP contribution in [0.3, 0.4) is 0 Å². The number of amides is 1. The van der Waals surface area contributed by atoms with Crippen molar-refractivity contribution in [3.8, 4) is 11.5 Å². The van der Waals surface area contributed by atoms with Gasteiger partial charge in [-0.1, -0.05) is 17.8 Å². The van der Waals surface area contributed by atoms with Crippen molar-refractivity contribution in [3.63, 3.8) is 0 Å². The first-order valence-corrected chi connectivity index (χ1v) is 8.84. The van der Waals surface area contributed by atoms with E-state index >= 15 is 0 Å². The Kier molecular flexibility index (Phi) is 5.37. The number of nitro benzene ring substituents is 1. The minimum Gasteiger partial charge on any atom is -0.411 e. The number of nitro groups is 2. The summed E-state index contributed by atoms with van der Waals surface area (Å²) in [5.74, 6) is -0.472. The molecule has 0 aliphatic rings. The van der Waals surface area contributed by atoms with Crippen molar-refractivity contribution in [1.82, 2.24) is 15.2 Å². The van der Waals surface area contributed by atoms with Crippen LogP contribution in [-0.4, -0.2) is 36.7 Å². The van der Waals surface area contributed by atoms with Crippen LogP contribution < -0.4 is 5.32 Å². The summed E-state index contributed by atoms with van der Waals surface area (Å²) in [4.78, 5) is 35.8. The second-order valence-corrected chi connectivity index (χ2v) is 6.71. The number of carbonyl (C=O) groups is 1. The minimum atomic E-state index is -0.601. The van der Waals surface area contributed by atoms with Gasteiger partial charge in [0.05, 0.1) is 15.6 Å². The number of hydrogen-bond donors (Lipinski definition) is 1. The van der Waals surface area contributed by atoms with Gasteiger partial charge >= 0.3 is 5.00 Å². The highest BCUT2D eigenvalue weighted by atomic mass is 32.2. The minimum absolute atomic E-state index is 0.0807. The number of nitrogens with zero attached hydrogens (tertiary/aromatic N) is 5. The van der Waals surface area contributed by atoms with Gasteiger partial charge in [-0.3, -0.25) is 25.0 Å². The van der Waals surface area contributed by atoms with Crippen LogP contribution in [-0.2, 0) is 4.79 Å². The maximum atomic E-state index is 11.9. The average Bonchev–Trinajstić information content (AvgIpc) is 3.29. The zero-order valence-electron chi connectivity index (χ0n) is 13.1. The van der Waals surface area contributed by atoms with Crippen LogP contribution in [0.1, 0.15) is 0 Å². The van der Waals surface area contributed by atoms with Crippen molar-refractivity contribution in [3.05, 3.63) is 50.7 Å². The molecule has 0 unspecified atom stereocenters. The third-order valence-corrected chi connectivity index (χ3v) is 4.64. The van der Waals surface area contributed by atoms with Gasteiger partial charge in [-0.25, -0.2) is 4.98 Å². The predicted molar refractivity (Wildman–Crippen MR) is 94.5 cm³/mol. The number of rotatable bonds is 7. The fraction of sp³-hybridized carbons (Fsp3) is 0.0769. The summed E-state index contributed by atoms with van der Waals surface area (Å²) >= 11 is 1.68. The number of thioether (sulfide) groups is 1. The van der Waals surface area contributed by atoms with Gasteiger partial charge in [-0.2, -0.15) is 0 Å². The van der Waals surface area contributed by atoms with Crippen LogP contribution in [0.5, 0.6) is 0 Å². The molecule has 27 heavy (non-hydrogen) atoms. The van der Waals surface area contributed by atoms with Crippen molar-refractivity contribution < 1.29 is 19.1 Å². The van der Waals surface area contributed by atoms with Gasteiger partial charge in [0.15, 0.2) is 5.13 Å². The Morgan fingerprint density at radius 3 is 2.78 bits per heavy atom. The maximum absolute atomic E-state index is 11.9. The van der Waals surface area contributed by atoms with Crippen LogP contribution >= 0.6 is 23.1 Å². The van der Waals surface area contributed by atoms with Crippen molar-refractivity contribution in [2.24, 2.45) is 0 Å². The highest BCUT2D eigenvalue weighted by molar-refractivity contribution is 7.99. The number of benzene rings is 1. The standard InChI is InChI=1S/C13H8N6O6S2/c20-9(15-12-14-5-10(27-12)19(23)24)6-26-13-17-16-11(25-13)7-2-1-3-8(4-7)18(21)22/h1-5H,6H2,(H,14,15,20). The third-order valence-electron chi connectivity index (χ3n) is 2.96. The first kappa shape index (κ1) is 18.4. The predicted octanol–water partition coefficient (Wildman–Crippen LogP) is 2.74. The molecule has 0 fully saturated rings. The molecule has 0 aliphatic heterocycles. The molecule has 0 aliphatic carbocycles. The molecule has 3 aromatic rings. The summed E-state index contributed by atoms with van der Waals surface area (Å²) in [6.45, 7) is 0. The molecule has 1 N–H and O–H groups in total. The molecule has 12 nitrogen and oxygen atoms in total. The smallest absolute Gasteiger partial charge is 0.345 e. The molecular formula is C13H8N6O6S2. The molecule has 2 heterocycles. The second kappa shape index (κ2) is 7.88. The number of anilines is 1. The molecule has 1 amide bonds. The lowest BCUT2D eigenvalue weighted by Crippen LogP contribution is -2.13. The van der Waals surface area contributed by atoms with E-state index in [4.69, 9.17) is 4.42 Å². The Balaban J connectivity index is 1.59. The topological polar surface area (TPSA) is 167 Å². The van der Waals surface area contributed by atoms with Gasteiger partial charge in [-0.15, -0.1) is 10.2 Å². The van der Waals surface area contributed by atoms with Gasteiger partial charge < -0.3 is 9.73 Å². The van der Waals surface area contributed by atoms with Crippen LogP contribution in [0, 0.1) is 20.2 Å². The van der Waals surface area contributed by atoms with E-state index in [-0.39, 0.29) is 32.7 Å². The average molecular weight is 408 g/mol. The van der Waals surface area contributed by atoms with E-state index in [2.05, 4.69) is 20.5 Å². The van der Waals surface area contributed by atoms with E-state index in [1.165, 1.54) is 18.2 Å². The molecule has 3 rings (SSSR count). The zero-order valence-corrected chi connectivity index (χ0v) is 14.7. The summed E-state index contributed by atoms with van der Waals surface area (Å²) in [7, 11) is 0. The normalized spacial score (nSPS) is 10.5. The zero-order chi connectivity index (χ0) is 19.4. The number of nitrogens with one attached hydrogen (secondary N) is 1. The van der Waals surface area contributed by atoms with E-state index in [9.17, 15) is 25.0 Å². The van der Waals surface area contributed by atoms with Crippen molar-refractivity contribution >= 4 is 44.8 Å². The van der Waals surface area contributed by atoms with Crippen molar-refractivity contribution in [2.75, 3.05) is 11.1 Å². The lowest BCUT2D eigenvalue weighted by Gasteiger charge is -1.98. The van der Waals surface area contributed by atoms with Gasteiger partial charge in [0, 0.05) is 17.7 Å². The van der Waals surface area contributed by atoms with Gasteiger partial charge in [0.25, 0.3) is 10.9 Å². The van der Waals surface area contributed by atoms with Gasteiger partial charge in [-0.05, 0) is 17.4 Å². The van der Waals surface area contributed by atoms with E-state index < -0.39 is 15.8 Å². The first-order chi connectivity index (χ1) is 12.9. The fourth-order valence-corrected chi connectivity index (χ4v) is 3.04. The molecule has 0 atom stereocenters. The van der Waals surface area contributed by atoms with Crippen LogP contribution in [0.2, 0.25) is 0 Å². The summed E-state index contributed by atoms with van der Waals surface area (Å²) in [6, 6.07) is 5.70. The molecule has 0 bridgehead atoms. The molecule has 0 saturated heterocycles. The fourth-order valence-electron chi connectivity index (χ4n) is 1.83. The Labute approximate surface area is 157 Å². The van der Waals surface area contributed by atoms with E-state index in [1.807, 2.05) is 0 Å². The molecule has 2 aromatic heterocycles. The largest absolute Gasteiger partial charge is 0.411 e. The maximum Gasteiger partial charge on any atom is 0.345 e. The van der Waals surface area contributed by atoms with Crippen LogP contribution in [0.4, 0.5) is 15.8 Å². The Morgan fingerprint density at radius 2 is 2.07 bits per heavy atom. The van der Waals surface area contributed by atoms with Crippen molar-refractivity contribution in [1.29, 1.82) is 0 Å². The lowest BCUT2D eigenvalue weighted by molar-refractivity contribution is -0.384. The number of aromatic nitrogens is 3. The second-order valence-electron chi connectivity index (χ2n) is 4.78. The monoisotopic (exact) mass is 408 g/mol. The Hall–Kier alpha value is -3.39. The molecule has 138 valence electrons. The molecule has 0 radical (unpaired) electrons. The Bertz CT molecular complexity index is 1020. The van der Waals surface area contributed by atoms with E-state index in [1.54, 1.807) is 6.07 Å². The van der Waals surface area contributed by atoms with E-state index in [0.717, 1.165) is 29.3 Å². The summed E-state index contributed by atoms with van der Waals surface area (Å²) in [6.07, 6.45) is 1.05. The van der Waals surface area contributed by atoms with Crippen LogP contribution in [0.25, 0.3) is 11.5 Å².